The van der Waals surface area contributed by atoms with Crippen LogP contribution in [0.2, 0.25) is 0 Å². The number of rotatable bonds is 14. The van der Waals surface area contributed by atoms with Crippen molar-refractivity contribution < 1.29 is 35.9 Å². The Morgan fingerprint density at radius 1 is 1.09 bits per heavy atom. The third-order valence-corrected chi connectivity index (χ3v) is 7.26. The first kappa shape index (κ1) is 35.5. The molecule has 0 radical (unpaired) electrons. The van der Waals surface area contributed by atoms with Gasteiger partial charge < -0.3 is 29.8 Å². The van der Waals surface area contributed by atoms with Crippen molar-refractivity contribution in [3.8, 4) is 17.2 Å². The number of hydrogen-bond acceptors (Lipinski definition) is 8. The zero-order valence-corrected chi connectivity index (χ0v) is 30.3. The molecule has 0 aliphatic carbocycles. The van der Waals surface area contributed by atoms with Gasteiger partial charge in [-0.2, -0.15) is 15.3 Å². The second-order valence-electron chi connectivity index (χ2n) is 11.0. The number of hydrogen-bond donors (Lipinski definition) is 3. The average Bonchev–Trinajstić information content (AvgIpc) is 3.45. The number of aryl methyl sites for hydroxylation is 1. The van der Waals surface area contributed by atoms with Gasteiger partial charge >= 0.3 is 37.1 Å². The van der Waals surface area contributed by atoms with Gasteiger partial charge in [0.25, 0.3) is 0 Å². The van der Waals surface area contributed by atoms with E-state index in [2.05, 4.69) is 64.8 Å². The summed E-state index contributed by atoms with van der Waals surface area (Å²) < 4.78 is 1.75. The summed E-state index contributed by atoms with van der Waals surface area (Å²) in [5.74, 6) is 1.36. The number of carbonyl (C=O) groups excluding carboxylic acids is 1. The zero-order valence-electron chi connectivity index (χ0n) is 26.1. The van der Waals surface area contributed by atoms with Gasteiger partial charge in [-0.25, -0.2) is 20.8 Å². The number of nitrogens with one attached hydrogen (secondary N) is 3. The minimum atomic E-state index is -0.550. The first-order valence-electron chi connectivity index (χ1n) is 14.7. The van der Waals surface area contributed by atoms with E-state index in [1.165, 1.54) is 6.20 Å². The van der Waals surface area contributed by atoms with E-state index in [1.54, 1.807) is 22.0 Å². The fourth-order valence-electron chi connectivity index (χ4n) is 5.15. The molecule has 45 heavy (non-hydrogen) atoms. The van der Waals surface area contributed by atoms with Crippen LogP contribution in [0, 0.1) is 56.3 Å². The fourth-order valence-corrected chi connectivity index (χ4v) is 5.15. The molecule has 3 heterocycles. The number of carbonyl (C=O) groups is 1. The molecule has 1 atom stereocenters. The summed E-state index contributed by atoms with van der Waals surface area (Å²) in [4.78, 5) is 29.1. The number of aromatic nitrogens is 5. The number of nitriles is 1. The Labute approximate surface area is 289 Å². The normalized spacial score (nSPS) is 12.0. The molecule has 0 saturated carbocycles. The summed E-state index contributed by atoms with van der Waals surface area (Å²) in [7, 11) is 1.87. The number of nitrogens with zero attached hydrogens (tertiary/aromatic N) is 7. The van der Waals surface area contributed by atoms with E-state index in [4.69, 9.17) is 4.98 Å². The predicted molar refractivity (Wildman–Crippen MR) is 174 cm³/mol. The molecular formula is C33H40N10OU. The van der Waals surface area contributed by atoms with Crippen LogP contribution < -0.4 is 20.9 Å². The quantitative estimate of drug-likeness (QED) is 0.108. The van der Waals surface area contributed by atoms with Crippen LogP contribution in [0.15, 0.2) is 67.3 Å². The number of pyridine rings is 1. The van der Waals surface area contributed by atoms with Crippen molar-refractivity contribution in [1.82, 2.24) is 30.0 Å². The van der Waals surface area contributed by atoms with Crippen LogP contribution in [0.4, 0.5) is 22.4 Å². The van der Waals surface area contributed by atoms with Gasteiger partial charge in [-0.1, -0.05) is 43.7 Å². The van der Waals surface area contributed by atoms with Crippen molar-refractivity contribution in [2.24, 2.45) is 7.05 Å². The average molecular weight is 831 g/mol. The molecule has 0 unspecified atom stereocenters. The largest absolute Gasteiger partial charge is 2.00 e. The SMILES string of the molecule is [CH2-]C([CH2-])Nc1ncc(C#N)c(NCCC[C@@](C)(CCC)N(C(=O)NCc2ccccc2)c2ccc(-c3cnn(C)c3)cn2)n1.[U+2]. The van der Waals surface area contributed by atoms with E-state index in [-0.39, 0.29) is 43.2 Å². The zero-order chi connectivity index (χ0) is 31.5. The minimum Gasteiger partial charge on any atom is -0.410 e. The third-order valence-electron chi connectivity index (χ3n) is 7.26. The molecule has 4 rings (SSSR count). The topological polar surface area (TPSA) is 137 Å². The van der Waals surface area contributed by atoms with Gasteiger partial charge in [0.2, 0.25) is 5.95 Å². The molecule has 0 fully saturated rings. The van der Waals surface area contributed by atoms with E-state index >= 15 is 0 Å². The molecule has 0 aliphatic heterocycles. The van der Waals surface area contributed by atoms with Crippen LogP contribution in [-0.4, -0.2) is 48.9 Å². The Morgan fingerprint density at radius 3 is 2.49 bits per heavy atom. The summed E-state index contributed by atoms with van der Waals surface area (Å²) in [5.41, 5.74) is 2.68. The Hall–Kier alpha value is -3.93. The Bertz CT molecular complexity index is 1550. The smallest absolute Gasteiger partial charge is 0.410 e. The molecule has 3 aromatic heterocycles. The molecule has 0 bridgehead atoms. The Morgan fingerprint density at radius 2 is 1.87 bits per heavy atom. The molecule has 4 aromatic rings. The van der Waals surface area contributed by atoms with Crippen molar-refractivity contribution in [1.29, 1.82) is 5.26 Å². The second-order valence-corrected chi connectivity index (χ2v) is 11.0. The maximum absolute atomic E-state index is 13.9. The van der Waals surface area contributed by atoms with E-state index < -0.39 is 5.54 Å². The molecule has 12 heteroatoms. The third kappa shape index (κ3) is 9.78. The molecule has 1 aromatic carbocycles. The van der Waals surface area contributed by atoms with E-state index in [9.17, 15) is 10.1 Å². The summed E-state index contributed by atoms with van der Waals surface area (Å²) in [6.07, 6.45) is 9.99. The van der Waals surface area contributed by atoms with Crippen LogP contribution in [0.1, 0.15) is 50.7 Å². The molecule has 0 aliphatic rings. The number of anilines is 3. The number of amides is 2. The summed E-state index contributed by atoms with van der Waals surface area (Å²) >= 11 is 0. The molecule has 2 amide bonds. The molecule has 0 saturated heterocycles. The van der Waals surface area contributed by atoms with Gasteiger partial charge in [0, 0.05) is 49.2 Å². The predicted octanol–water partition coefficient (Wildman–Crippen LogP) is 5.76. The van der Waals surface area contributed by atoms with Gasteiger partial charge in [0.15, 0.2) is 0 Å². The van der Waals surface area contributed by atoms with Crippen LogP contribution in [-0.2, 0) is 13.6 Å². The Kier molecular flexibility index (Phi) is 13.4. The van der Waals surface area contributed by atoms with Gasteiger partial charge in [-0.05, 0) is 43.9 Å². The van der Waals surface area contributed by atoms with Crippen LogP contribution in [0.3, 0.4) is 0 Å². The first-order chi connectivity index (χ1) is 21.2. The van der Waals surface area contributed by atoms with Crippen LogP contribution in [0.5, 0.6) is 0 Å². The van der Waals surface area contributed by atoms with E-state index in [0.29, 0.717) is 49.1 Å². The monoisotopic (exact) mass is 830 g/mol. The maximum Gasteiger partial charge on any atom is 2.00 e. The minimum absolute atomic E-state index is 0. The summed E-state index contributed by atoms with van der Waals surface area (Å²) in [6.45, 7) is 12.8. The maximum atomic E-state index is 13.9. The molecule has 3 N–H and O–H groups in total. The Balaban J connectivity index is 0.00000552. The van der Waals surface area contributed by atoms with Gasteiger partial charge in [0.05, 0.1) is 12.4 Å². The summed E-state index contributed by atoms with van der Waals surface area (Å²) in [5, 5.41) is 23.2. The van der Waals surface area contributed by atoms with Crippen LogP contribution >= 0.6 is 0 Å². The molecule has 0 spiro atoms. The fraction of sp³-hybridized carbons (Fsp3) is 0.333. The van der Waals surface area contributed by atoms with Crippen molar-refractivity contribution in [3.05, 3.63) is 92.2 Å². The summed E-state index contributed by atoms with van der Waals surface area (Å²) in [6, 6.07) is 15.3. The van der Waals surface area contributed by atoms with Gasteiger partial charge in [-0.15, -0.1) is 0 Å². The standard InChI is InChI=1S/C33H40N10O.U/c1-6-15-33(4,16-10-17-35-30-27(18-34)21-37-31(41-30)40-24(2)3)43(32(44)38-19-25-11-8-7-9-12-25)29-14-13-26(20-36-29)28-22-39-42(5)23-28;/h7-9,11-14,20-24H,2-3,6,10,15-17,19H2,1,4-5H3,(H,38,44)(H2,35,37,40,41);/q-2;+2/t33-;/m1./s1. The van der Waals surface area contributed by atoms with Gasteiger partial charge in [-0.3, -0.25) is 9.58 Å². The van der Waals surface area contributed by atoms with E-state index in [0.717, 1.165) is 29.5 Å². The van der Waals surface area contributed by atoms with Crippen molar-refractivity contribution >= 4 is 23.6 Å². The number of urea groups is 1. The van der Waals surface area contributed by atoms with Crippen molar-refractivity contribution in [2.45, 2.75) is 57.7 Å². The molecule has 232 valence electrons. The van der Waals surface area contributed by atoms with Crippen molar-refractivity contribution in [2.75, 3.05) is 22.1 Å². The number of benzene rings is 1. The van der Waals surface area contributed by atoms with E-state index in [1.807, 2.05) is 55.7 Å². The van der Waals surface area contributed by atoms with Crippen molar-refractivity contribution in [3.63, 3.8) is 0 Å². The first-order valence-corrected chi connectivity index (χ1v) is 14.7. The molecule has 11 nitrogen and oxygen atoms in total. The van der Waals surface area contributed by atoms with Crippen LogP contribution in [0.25, 0.3) is 11.1 Å². The molecular weight excluding hydrogens is 790 g/mol. The van der Waals surface area contributed by atoms with Gasteiger partial charge in [0.1, 0.15) is 23.3 Å². The second kappa shape index (κ2) is 17.0.